The van der Waals surface area contributed by atoms with Crippen LogP contribution in [0.25, 0.3) is 11.1 Å². The van der Waals surface area contributed by atoms with E-state index in [4.69, 9.17) is 0 Å². The molecule has 0 saturated heterocycles. The van der Waals surface area contributed by atoms with E-state index in [2.05, 4.69) is 110 Å². The third-order valence-corrected chi connectivity index (χ3v) is 6.78. The van der Waals surface area contributed by atoms with Gasteiger partial charge in [-0.15, -0.1) is 9.24 Å². The van der Waals surface area contributed by atoms with E-state index < -0.39 is 0 Å². The van der Waals surface area contributed by atoms with Crippen molar-refractivity contribution in [2.24, 2.45) is 0 Å². The Hall–Kier alpha value is -2.95. The van der Waals surface area contributed by atoms with Crippen LogP contribution in [0, 0.1) is 13.8 Å². The van der Waals surface area contributed by atoms with Crippen LogP contribution in [-0.4, -0.2) is 0 Å². The summed E-state index contributed by atoms with van der Waals surface area (Å²) in [5.74, 6) is 0. The average Bonchev–Trinajstić information content (AvgIpc) is 3.21. The van der Waals surface area contributed by atoms with Crippen molar-refractivity contribution in [2.75, 3.05) is 0 Å². The van der Waals surface area contributed by atoms with Crippen molar-refractivity contribution < 1.29 is 0 Å². The average molecular weight is 495 g/mol. The summed E-state index contributed by atoms with van der Waals surface area (Å²) in [6.45, 7) is 23.0. The number of benzene rings is 2. The SMILES string of the molecule is C=C/C=C(\C)C1=C(c2ccc(C)cc2)C(C2=CC=C(P)CC2)=C(c2ccc(C)cc2)C1=C.CC.CC. The molecule has 0 bridgehead atoms. The second-order valence-corrected chi connectivity index (χ2v) is 9.47. The first-order valence-electron chi connectivity index (χ1n) is 13.2. The molecule has 2 aliphatic rings. The summed E-state index contributed by atoms with van der Waals surface area (Å²) in [5, 5.41) is 1.35. The van der Waals surface area contributed by atoms with Gasteiger partial charge in [-0.05, 0) is 83.8 Å². The van der Waals surface area contributed by atoms with Gasteiger partial charge in [-0.1, -0.05) is 130 Å². The molecule has 0 saturated carbocycles. The highest BCUT2D eigenvalue weighted by atomic mass is 31.0. The van der Waals surface area contributed by atoms with Crippen molar-refractivity contribution in [3.05, 3.63) is 141 Å². The molecule has 1 atom stereocenters. The summed E-state index contributed by atoms with van der Waals surface area (Å²) in [7, 11) is 2.87. The molecule has 0 nitrogen and oxygen atoms in total. The van der Waals surface area contributed by atoms with Crippen molar-refractivity contribution in [3.8, 4) is 0 Å². The largest absolute Gasteiger partial charge is 0.110 e. The summed E-state index contributed by atoms with van der Waals surface area (Å²) < 4.78 is 0. The molecule has 1 unspecified atom stereocenters. The van der Waals surface area contributed by atoms with Gasteiger partial charge in [-0.2, -0.15) is 0 Å². The fourth-order valence-electron chi connectivity index (χ4n) is 4.60. The molecule has 0 N–H and O–H groups in total. The first kappa shape index (κ1) is 29.3. The number of allylic oxidation sites excluding steroid dienone is 12. The zero-order chi connectivity index (χ0) is 26.8. The van der Waals surface area contributed by atoms with Gasteiger partial charge in [0.15, 0.2) is 0 Å². The molecule has 4 rings (SSSR count). The van der Waals surface area contributed by atoms with Crippen molar-refractivity contribution >= 4 is 20.4 Å². The van der Waals surface area contributed by atoms with Crippen LogP contribution in [0.2, 0.25) is 0 Å². The van der Waals surface area contributed by atoms with Crippen LogP contribution in [0.1, 0.15) is 69.7 Å². The van der Waals surface area contributed by atoms with Crippen LogP contribution in [0.5, 0.6) is 0 Å². The molecular formula is C35H43P. The second-order valence-electron chi connectivity index (χ2n) is 8.73. The van der Waals surface area contributed by atoms with Crippen LogP contribution in [0.4, 0.5) is 0 Å². The van der Waals surface area contributed by atoms with Crippen LogP contribution >= 0.6 is 9.24 Å². The Balaban J connectivity index is 0.00000109. The van der Waals surface area contributed by atoms with E-state index in [1.165, 1.54) is 61.0 Å². The van der Waals surface area contributed by atoms with E-state index in [-0.39, 0.29) is 0 Å². The van der Waals surface area contributed by atoms with Crippen LogP contribution < -0.4 is 0 Å². The minimum Gasteiger partial charge on any atom is -0.110 e. The van der Waals surface area contributed by atoms with Crippen LogP contribution in [0.3, 0.4) is 0 Å². The van der Waals surface area contributed by atoms with Gasteiger partial charge in [0.2, 0.25) is 0 Å². The van der Waals surface area contributed by atoms with E-state index in [0.717, 1.165) is 18.4 Å². The normalized spacial score (nSPS) is 15.4. The number of hydrogen-bond donors (Lipinski definition) is 0. The van der Waals surface area contributed by atoms with E-state index in [1.807, 2.05) is 33.8 Å². The molecule has 2 aromatic rings. The first-order valence-corrected chi connectivity index (χ1v) is 13.8. The predicted octanol–water partition coefficient (Wildman–Crippen LogP) is 10.7. The molecule has 0 heterocycles. The molecule has 0 amide bonds. The highest BCUT2D eigenvalue weighted by molar-refractivity contribution is 7.22. The minimum atomic E-state index is 1.03. The standard InChI is InChI=1S/C31H31P.2C2H6/c1-6-7-22(4)28-23(5)29(24-12-8-20(2)9-13-24)31(26-16-18-27(32)19-17-26)30(28)25-14-10-21(3)11-15-25;2*1-2/h6-16,18H,1,5,17,19,32H2,2-4H3;2*1-2H3/b22-7+;;. The van der Waals surface area contributed by atoms with Crippen LogP contribution in [-0.2, 0) is 0 Å². The third kappa shape index (κ3) is 6.43. The van der Waals surface area contributed by atoms with Crippen molar-refractivity contribution in [3.63, 3.8) is 0 Å². The molecular weight excluding hydrogens is 451 g/mol. The Bertz CT molecular complexity index is 1240. The Morgan fingerprint density at radius 2 is 1.25 bits per heavy atom. The number of rotatable bonds is 5. The van der Waals surface area contributed by atoms with Gasteiger partial charge in [0.05, 0.1) is 0 Å². The van der Waals surface area contributed by atoms with E-state index in [1.54, 1.807) is 0 Å². The second kappa shape index (κ2) is 14.0. The molecule has 36 heavy (non-hydrogen) atoms. The van der Waals surface area contributed by atoms with E-state index >= 15 is 0 Å². The zero-order valence-corrected chi connectivity index (χ0v) is 24.5. The van der Waals surface area contributed by atoms with E-state index in [9.17, 15) is 0 Å². The van der Waals surface area contributed by atoms with Crippen molar-refractivity contribution in [2.45, 2.75) is 61.3 Å². The molecule has 0 spiro atoms. The number of hydrogen-bond acceptors (Lipinski definition) is 0. The lowest BCUT2D eigenvalue weighted by atomic mass is 9.85. The highest BCUT2D eigenvalue weighted by Crippen LogP contribution is 2.52. The highest BCUT2D eigenvalue weighted by Gasteiger charge is 2.32. The predicted molar refractivity (Wildman–Crippen MR) is 167 cm³/mol. The Morgan fingerprint density at radius 3 is 1.69 bits per heavy atom. The third-order valence-electron chi connectivity index (χ3n) is 6.30. The lowest BCUT2D eigenvalue weighted by Crippen LogP contribution is -1.99. The van der Waals surface area contributed by atoms with Crippen molar-refractivity contribution in [1.29, 1.82) is 0 Å². The quantitative estimate of drug-likeness (QED) is 0.286. The van der Waals surface area contributed by atoms with Crippen molar-refractivity contribution in [1.82, 2.24) is 0 Å². The summed E-state index contributed by atoms with van der Waals surface area (Å²) >= 11 is 0. The summed E-state index contributed by atoms with van der Waals surface area (Å²) in [5.41, 5.74) is 13.7. The maximum Gasteiger partial charge on any atom is -0.00209 e. The topological polar surface area (TPSA) is 0 Å². The minimum absolute atomic E-state index is 1.03. The molecule has 188 valence electrons. The molecule has 0 fully saturated rings. The molecule has 2 aromatic carbocycles. The fourth-order valence-corrected chi connectivity index (χ4v) is 4.84. The van der Waals surface area contributed by atoms with Gasteiger partial charge in [0, 0.05) is 0 Å². The smallest absolute Gasteiger partial charge is 0.00209 e. The van der Waals surface area contributed by atoms with Gasteiger partial charge in [-0.3, -0.25) is 0 Å². The Kier molecular flexibility index (Phi) is 11.4. The molecule has 0 aliphatic heterocycles. The molecule has 2 aliphatic carbocycles. The maximum atomic E-state index is 4.63. The Morgan fingerprint density at radius 1 is 0.750 bits per heavy atom. The van der Waals surface area contributed by atoms with Crippen LogP contribution in [0.15, 0.2) is 119 Å². The van der Waals surface area contributed by atoms with Gasteiger partial charge < -0.3 is 0 Å². The number of aryl methyl sites for hydroxylation is 2. The fraction of sp³-hybridized carbons (Fsp3) is 0.257. The van der Waals surface area contributed by atoms with Gasteiger partial charge in [0.1, 0.15) is 0 Å². The maximum absolute atomic E-state index is 4.63. The molecule has 0 radical (unpaired) electrons. The summed E-state index contributed by atoms with van der Waals surface area (Å²) in [4.78, 5) is 0. The lowest BCUT2D eigenvalue weighted by Gasteiger charge is -2.19. The van der Waals surface area contributed by atoms with E-state index in [0.29, 0.717) is 0 Å². The zero-order valence-electron chi connectivity index (χ0n) is 23.3. The summed E-state index contributed by atoms with van der Waals surface area (Å²) in [6.07, 6.45) is 10.6. The first-order chi connectivity index (χ1) is 17.4. The lowest BCUT2D eigenvalue weighted by molar-refractivity contribution is 0.968. The molecule has 1 heteroatoms. The van der Waals surface area contributed by atoms with Gasteiger partial charge >= 0.3 is 0 Å². The summed E-state index contributed by atoms with van der Waals surface area (Å²) in [6, 6.07) is 17.8. The monoisotopic (exact) mass is 494 g/mol. The van der Waals surface area contributed by atoms with Gasteiger partial charge in [-0.25, -0.2) is 0 Å². The Labute approximate surface area is 222 Å². The van der Waals surface area contributed by atoms with Gasteiger partial charge in [0.25, 0.3) is 0 Å². The molecule has 0 aromatic heterocycles.